The molecule has 1 saturated heterocycles. The van der Waals surface area contributed by atoms with Gasteiger partial charge in [-0.2, -0.15) is 0 Å². The van der Waals surface area contributed by atoms with Crippen LogP contribution in [0, 0.1) is 0 Å². The highest BCUT2D eigenvalue weighted by atomic mass is 15.2. The van der Waals surface area contributed by atoms with E-state index in [1.807, 2.05) is 13.1 Å². The Kier molecular flexibility index (Phi) is 4.05. The van der Waals surface area contributed by atoms with E-state index in [2.05, 4.69) is 32.4 Å². The molecule has 0 bridgehead atoms. The second-order valence-electron chi connectivity index (χ2n) is 5.99. The van der Waals surface area contributed by atoms with Crippen molar-refractivity contribution in [2.24, 2.45) is 0 Å². The fraction of sp³-hybridized carbons (Fsp3) is 0.733. The number of likely N-dealkylation sites (tertiary alicyclic amines) is 1. The van der Waals surface area contributed by atoms with Gasteiger partial charge in [0.1, 0.15) is 17.5 Å². The lowest BCUT2D eigenvalue weighted by atomic mass is 10.3. The summed E-state index contributed by atoms with van der Waals surface area (Å²) in [7, 11) is 1.91. The molecule has 20 heavy (non-hydrogen) atoms. The van der Waals surface area contributed by atoms with Crippen LogP contribution in [-0.2, 0) is 0 Å². The molecule has 1 aromatic heterocycles. The molecule has 110 valence electrons. The Hall–Kier alpha value is -1.36. The molecule has 1 aromatic rings. The first-order chi connectivity index (χ1) is 9.76. The third-order valence-corrected chi connectivity index (χ3v) is 4.28. The van der Waals surface area contributed by atoms with Gasteiger partial charge in [-0.3, -0.25) is 4.90 Å². The highest BCUT2D eigenvalue weighted by Gasteiger charge is 2.27. The van der Waals surface area contributed by atoms with Gasteiger partial charge in [0.25, 0.3) is 0 Å². The van der Waals surface area contributed by atoms with Gasteiger partial charge in [0.2, 0.25) is 0 Å². The van der Waals surface area contributed by atoms with Crippen molar-refractivity contribution in [3.63, 3.8) is 0 Å². The van der Waals surface area contributed by atoms with Crippen molar-refractivity contribution >= 4 is 11.6 Å². The lowest BCUT2D eigenvalue weighted by molar-refractivity contribution is 0.269. The minimum Gasteiger partial charge on any atom is -0.373 e. The van der Waals surface area contributed by atoms with Crippen LogP contribution in [0.3, 0.4) is 0 Å². The first kappa shape index (κ1) is 13.6. The Morgan fingerprint density at radius 1 is 1.25 bits per heavy atom. The van der Waals surface area contributed by atoms with Crippen LogP contribution in [0.25, 0.3) is 0 Å². The summed E-state index contributed by atoms with van der Waals surface area (Å²) in [6, 6.07) is 2.57. The maximum absolute atomic E-state index is 4.66. The van der Waals surface area contributed by atoms with Crippen molar-refractivity contribution in [3.8, 4) is 0 Å². The zero-order valence-corrected chi connectivity index (χ0v) is 12.5. The molecule has 5 heteroatoms. The second-order valence-corrected chi connectivity index (χ2v) is 5.99. The molecule has 2 aliphatic rings. The zero-order valence-electron chi connectivity index (χ0n) is 12.5. The van der Waals surface area contributed by atoms with E-state index >= 15 is 0 Å². The number of nitrogens with one attached hydrogen (secondary N) is 2. The van der Waals surface area contributed by atoms with Gasteiger partial charge in [-0.15, -0.1) is 0 Å². The third kappa shape index (κ3) is 3.20. The molecule has 0 spiro atoms. The van der Waals surface area contributed by atoms with Crippen molar-refractivity contribution < 1.29 is 0 Å². The number of anilines is 2. The van der Waals surface area contributed by atoms with Gasteiger partial charge in [-0.1, -0.05) is 0 Å². The van der Waals surface area contributed by atoms with Gasteiger partial charge in [0, 0.05) is 31.6 Å². The molecule has 2 N–H and O–H groups in total. The van der Waals surface area contributed by atoms with E-state index in [1.54, 1.807) is 0 Å². The number of aromatic nitrogens is 2. The Balaban J connectivity index is 1.62. The summed E-state index contributed by atoms with van der Waals surface area (Å²) in [5, 5.41) is 6.62. The zero-order chi connectivity index (χ0) is 13.9. The van der Waals surface area contributed by atoms with Crippen LogP contribution >= 0.6 is 0 Å². The van der Waals surface area contributed by atoms with E-state index in [-0.39, 0.29) is 0 Å². The standard InChI is InChI=1S/C15H25N5/c1-11(20-7-3-4-8-20)10-17-14-9-13(16-2)18-15(19-14)12-5-6-12/h9,11-12H,3-8,10H2,1-2H3,(H2,16,17,18,19). The van der Waals surface area contributed by atoms with Crippen LogP contribution < -0.4 is 10.6 Å². The summed E-state index contributed by atoms with van der Waals surface area (Å²) in [6.07, 6.45) is 5.15. The van der Waals surface area contributed by atoms with Gasteiger partial charge >= 0.3 is 0 Å². The number of rotatable bonds is 6. The maximum atomic E-state index is 4.66. The minimum atomic E-state index is 0.565. The van der Waals surface area contributed by atoms with Crippen molar-refractivity contribution in [3.05, 3.63) is 11.9 Å². The molecule has 1 aliphatic carbocycles. The SMILES string of the molecule is CNc1cc(NCC(C)N2CCCC2)nc(C2CC2)n1. The largest absolute Gasteiger partial charge is 0.373 e. The topological polar surface area (TPSA) is 53.1 Å². The number of hydrogen-bond donors (Lipinski definition) is 2. The van der Waals surface area contributed by atoms with E-state index in [0.717, 1.165) is 24.0 Å². The molecule has 2 heterocycles. The highest BCUT2D eigenvalue weighted by molar-refractivity contribution is 5.48. The molecule has 1 saturated carbocycles. The molecule has 0 radical (unpaired) electrons. The minimum absolute atomic E-state index is 0.565. The predicted octanol–water partition coefficient (Wildman–Crippen LogP) is 2.29. The maximum Gasteiger partial charge on any atom is 0.136 e. The third-order valence-electron chi connectivity index (χ3n) is 4.28. The first-order valence-electron chi connectivity index (χ1n) is 7.81. The first-order valence-corrected chi connectivity index (χ1v) is 7.81. The van der Waals surface area contributed by atoms with E-state index in [1.165, 1.54) is 38.8 Å². The van der Waals surface area contributed by atoms with Crippen LogP contribution in [0.4, 0.5) is 11.6 Å². The fourth-order valence-corrected chi connectivity index (χ4v) is 2.77. The normalized spacial score (nSPS) is 20.9. The van der Waals surface area contributed by atoms with Crippen LogP contribution in [-0.4, -0.2) is 47.6 Å². The average molecular weight is 275 g/mol. The van der Waals surface area contributed by atoms with Crippen LogP contribution in [0.1, 0.15) is 44.3 Å². The van der Waals surface area contributed by atoms with E-state index in [4.69, 9.17) is 0 Å². The summed E-state index contributed by atoms with van der Waals surface area (Å²) < 4.78 is 0. The second kappa shape index (κ2) is 5.95. The van der Waals surface area contributed by atoms with Crippen LogP contribution in [0.2, 0.25) is 0 Å². The van der Waals surface area contributed by atoms with Gasteiger partial charge in [-0.25, -0.2) is 9.97 Å². The summed E-state index contributed by atoms with van der Waals surface area (Å²) in [4.78, 5) is 11.8. The lowest BCUT2D eigenvalue weighted by Crippen LogP contribution is -2.35. The molecule has 3 rings (SSSR count). The van der Waals surface area contributed by atoms with E-state index in [0.29, 0.717) is 12.0 Å². The molecular formula is C15H25N5. The summed E-state index contributed by atoms with van der Waals surface area (Å²) >= 11 is 0. The van der Waals surface area contributed by atoms with Crippen LogP contribution in [0.5, 0.6) is 0 Å². The van der Waals surface area contributed by atoms with E-state index < -0.39 is 0 Å². The molecular weight excluding hydrogens is 250 g/mol. The molecule has 1 atom stereocenters. The van der Waals surface area contributed by atoms with Gasteiger partial charge < -0.3 is 10.6 Å². The Morgan fingerprint density at radius 3 is 2.60 bits per heavy atom. The monoisotopic (exact) mass is 275 g/mol. The lowest BCUT2D eigenvalue weighted by Gasteiger charge is -2.24. The molecule has 5 nitrogen and oxygen atoms in total. The predicted molar refractivity (Wildman–Crippen MR) is 82.3 cm³/mol. The fourth-order valence-electron chi connectivity index (χ4n) is 2.77. The highest BCUT2D eigenvalue weighted by Crippen LogP contribution is 2.38. The average Bonchev–Trinajstić information content (AvgIpc) is 3.19. The van der Waals surface area contributed by atoms with Crippen molar-refractivity contribution in [1.29, 1.82) is 0 Å². The number of hydrogen-bond acceptors (Lipinski definition) is 5. The summed E-state index contributed by atoms with van der Waals surface area (Å²) in [6.45, 7) is 5.72. The molecule has 2 fully saturated rings. The summed E-state index contributed by atoms with van der Waals surface area (Å²) in [5.41, 5.74) is 0. The van der Waals surface area contributed by atoms with Crippen molar-refractivity contribution in [2.45, 2.75) is 44.6 Å². The summed E-state index contributed by atoms with van der Waals surface area (Å²) in [5.74, 6) is 3.45. The molecule has 1 unspecified atom stereocenters. The Morgan fingerprint density at radius 2 is 1.95 bits per heavy atom. The molecule has 1 aliphatic heterocycles. The van der Waals surface area contributed by atoms with Crippen LogP contribution in [0.15, 0.2) is 6.07 Å². The molecule has 0 amide bonds. The van der Waals surface area contributed by atoms with Gasteiger partial charge in [0.05, 0.1) is 0 Å². The van der Waals surface area contributed by atoms with Crippen molar-refractivity contribution in [2.75, 3.05) is 37.3 Å². The van der Waals surface area contributed by atoms with Gasteiger partial charge in [0.15, 0.2) is 0 Å². The van der Waals surface area contributed by atoms with Gasteiger partial charge in [-0.05, 0) is 45.7 Å². The van der Waals surface area contributed by atoms with Crippen molar-refractivity contribution in [1.82, 2.24) is 14.9 Å². The van der Waals surface area contributed by atoms with E-state index in [9.17, 15) is 0 Å². The number of nitrogens with zero attached hydrogens (tertiary/aromatic N) is 3. The Bertz CT molecular complexity index is 452. The quantitative estimate of drug-likeness (QED) is 0.834. The smallest absolute Gasteiger partial charge is 0.136 e. The Labute approximate surface area is 121 Å². The molecule has 0 aromatic carbocycles.